The molecule has 1 atom stereocenters. The number of carbonyl (C=O) groups excluding carboxylic acids is 3. The lowest BCUT2D eigenvalue weighted by Gasteiger charge is -2.18. The number of hydrogen-bond acceptors (Lipinski definition) is 7. The van der Waals surface area contributed by atoms with Crippen LogP contribution < -0.4 is 5.32 Å². The first-order valence-electron chi connectivity index (χ1n) is 7.81. The Kier molecular flexibility index (Phi) is 12.5. The number of allylic oxidation sites excluding steroid dienone is 2. The molecule has 0 aromatic rings. The lowest BCUT2D eigenvalue weighted by atomic mass is 10.1. The molecule has 26 heavy (non-hydrogen) atoms. The Morgan fingerprint density at radius 1 is 1.12 bits per heavy atom. The van der Waals surface area contributed by atoms with Crippen LogP contribution in [0.5, 0.6) is 0 Å². The van der Waals surface area contributed by atoms with Crippen LogP contribution >= 0.6 is 11.8 Å². The molecule has 0 aromatic heterocycles. The van der Waals surface area contributed by atoms with Gasteiger partial charge in [0.15, 0.2) is 0 Å². The minimum absolute atomic E-state index is 0.0947. The van der Waals surface area contributed by atoms with Gasteiger partial charge in [0.1, 0.15) is 12.7 Å². The summed E-state index contributed by atoms with van der Waals surface area (Å²) >= 11 is 1.20. The van der Waals surface area contributed by atoms with E-state index in [0.29, 0.717) is 11.4 Å². The van der Waals surface area contributed by atoms with Crippen molar-refractivity contribution < 1.29 is 28.6 Å². The Labute approximate surface area is 158 Å². The molecule has 1 unspecified atom stereocenters. The van der Waals surface area contributed by atoms with Gasteiger partial charge in [0.25, 0.3) is 0 Å². The van der Waals surface area contributed by atoms with Crippen molar-refractivity contribution in [2.24, 2.45) is 0 Å². The van der Waals surface area contributed by atoms with Crippen LogP contribution in [0.25, 0.3) is 0 Å². The van der Waals surface area contributed by atoms with Gasteiger partial charge in [0.05, 0.1) is 11.6 Å². The average Bonchev–Trinajstić information content (AvgIpc) is 2.56. The van der Waals surface area contributed by atoms with Gasteiger partial charge in [0.2, 0.25) is 0 Å². The third-order valence-electron chi connectivity index (χ3n) is 2.70. The lowest BCUT2D eigenvalue weighted by Crippen LogP contribution is -2.22. The fraction of sp³-hybridized carbons (Fsp3) is 0.389. The molecule has 0 bridgehead atoms. The molecular formula is C18H25NO6S. The van der Waals surface area contributed by atoms with Gasteiger partial charge >= 0.3 is 18.0 Å². The molecule has 1 amide bonds. The number of nitrogens with one attached hydrogen (secondary N) is 1. The average molecular weight is 383 g/mol. The van der Waals surface area contributed by atoms with Crippen molar-refractivity contribution in [2.75, 3.05) is 13.2 Å². The molecule has 144 valence electrons. The Morgan fingerprint density at radius 3 is 2.35 bits per heavy atom. The van der Waals surface area contributed by atoms with Crippen LogP contribution in [0.4, 0.5) is 4.79 Å². The van der Waals surface area contributed by atoms with Crippen molar-refractivity contribution in [3.8, 4) is 0 Å². The van der Waals surface area contributed by atoms with Gasteiger partial charge in [-0.15, -0.1) is 0 Å². The Balaban J connectivity index is 4.92. The van der Waals surface area contributed by atoms with Gasteiger partial charge in [-0.1, -0.05) is 37.1 Å². The summed E-state index contributed by atoms with van der Waals surface area (Å²) in [6.45, 7) is 11.7. The molecule has 0 rings (SSSR count). The predicted octanol–water partition coefficient (Wildman–Crippen LogP) is 3.45. The van der Waals surface area contributed by atoms with Crippen molar-refractivity contribution in [3.05, 3.63) is 47.4 Å². The van der Waals surface area contributed by atoms with Crippen LogP contribution in [-0.4, -0.2) is 37.3 Å². The number of rotatable bonds is 11. The van der Waals surface area contributed by atoms with Gasteiger partial charge in [0, 0.05) is 20.3 Å². The third-order valence-corrected chi connectivity index (χ3v) is 3.68. The SMILES string of the molecule is C=C/C=C(\NC(=O)OCC=C)S/C=C(\C)C(CCOC(C)=O)OC(C)=O. The van der Waals surface area contributed by atoms with E-state index in [9.17, 15) is 14.4 Å². The van der Waals surface area contributed by atoms with Crippen molar-refractivity contribution in [1.29, 1.82) is 0 Å². The smallest absolute Gasteiger partial charge is 0.412 e. The van der Waals surface area contributed by atoms with Crippen LogP contribution in [0.15, 0.2) is 47.4 Å². The second-order valence-corrected chi connectivity index (χ2v) is 5.90. The maximum Gasteiger partial charge on any atom is 0.412 e. The van der Waals surface area contributed by atoms with Gasteiger partial charge in [-0.2, -0.15) is 0 Å². The molecule has 0 aliphatic heterocycles. The maximum absolute atomic E-state index is 11.6. The van der Waals surface area contributed by atoms with Gasteiger partial charge < -0.3 is 14.2 Å². The second kappa shape index (κ2) is 13.8. The van der Waals surface area contributed by atoms with E-state index in [1.807, 2.05) is 0 Å². The van der Waals surface area contributed by atoms with E-state index in [-0.39, 0.29) is 13.2 Å². The van der Waals surface area contributed by atoms with E-state index < -0.39 is 24.1 Å². The number of hydrogen-bond donors (Lipinski definition) is 1. The number of esters is 2. The molecular weight excluding hydrogens is 358 g/mol. The molecule has 0 saturated carbocycles. The highest BCUT2D eigenvalue weighted by Gasteiger charge is 2.15. The summed E-state index contributed by atoms with van der Waals surface area (Å²) in [4.78, 5) is 33.7. The zero-order chi connectivity index (χ0) is 19.9. The van der Waals surface area contributed by atoms with Crippen molar-refractivity contribution in [3.63, 3.8) is 0 Å². The highest BCUT2D eigenvalue weighted by Crippen LogP contribution is 2.21. The maximum atomic E-state index is 11.6. The Hall–Kier alpha value is -2.48. The summed E-state index contributed by atoms with van der Waals surface area (Å²) in [6, 6.07) is 0. The van der Waals surface area contributed by atoms with E-state index in [1.165, 1.54) is 37.8 Å². The van der Waals surface area contributed by atoms with Crippen LogP contribution in [0, 0.1) is 0 Å². The molecule has 0 fully saturated rings. The number of alkyl carbamates (subject to hydrolysis) is 1. The van der Waals surface area contributed by atoms with Crippen LogP contribution in [-0.2, 0) is 23.8 Å². The summed E-state index contributed by atoms with van der Waals surface area (Å²) in [6.07, 6.45) is 3.74. The quantitative estimate of drug-likeness (QED) is 0.253. The molecule has 0 radical (unpaired) electrons. The fourth-order valence-corrected chi connectivity index (χ4v) is 2.39. The monoisotopic (exact) mass is 383 g/mol. The number of amides is 1. The first-order valence-corrected chi connectivity index (χ1v) is 8.69. The molecule has 0 spiro atoms. The standard InChI is InChI=1S/C18H25NO6S/c1-6-8-17(19-18(22)24-10-7-2)26-12-13(3)16(25-15(5)21)9-11-23-14(4)20/h6-8,12,16H,1-2,9-11H2,3-5H3,(H,19,22)/b13-12+,17-8+. The largest absolute Gasteiger partial charge is 0.466 e. The molecule has 1 N–H and O–H groups in total. The number of carbonyl (C=O) groups is 3. The zero-order valence-electron chi connectivity index (χ0n) is 15.3. The summed E-state index contributed by atoms with van der Waals surface area (Å²) in [7, 11) is 0. The summed E-state index contributed by atoms with van der Waals surface area (Å²) in [5.74, 6) is -0.843. The highest BCUT2D eigenvalue weighted by atomic mass is 32.2. The fourth-order valence-electron chi connectivity index (χ4n) is 1.61. The van der Waals surface area contributed by atoms with Crippen molar-refractivity contribution in [1.82, 2.24) is 5.32 Å². The topological polar surface area (TPSA) is 90.9 Å². The van der Waals surface area contributed by atoms with Crippen LogP contribution in [0.2, 0.25) is 0 Å². The molecule has 0 aliphatic rings. The van der Waals surface area contributed by atoms with E-state index in [1.54, 1.807) is 18.4 Å². The minimum Gasteiger partial charge on any atom is -0.466 e. The van der Waals surface area contributed by atoms with E-state index in [2.05, 4.69) is 18.5 Å². The lowest BCUT2D eigenvalue weighted by molar-refractivity contribution is -0.146. The van der Waals surface area contributed by atoms with E-state index in [4.69, 9.17) is 14.2 Å². The number of thioether (sulfide) groups is 1. The first kappa shape index (κ1) is 23.5. The van der Waals surface area contributed by atoms with Gasteiger partial charge in [-0.3, -0.25) is 14.9 Å². The van der Waals surface area contributed by atoms with Crippen LogP contribution in [0.1, 0.15) is 27.2 Å². The van der Waals surface area contributed by atoms with E-state index in [0.717, 1.165) is 5.57 Å². The molecule has 0 aromatic carbocycles. The first-order chi connectivity index (χ1) is 12.3. The normalized spacial score (nSPS) is 12.6. The molecule has 0 saturated heterocycles. The third kappa shape index (κ3) is 12.0. The number of ether oxygens (including phenoxy) is 3. The summed E-state index contributed by atoms with van der Waals surface area (Å²) in [5, 5.41) is 4.78. The summed E-state index contributed by atoms with van der Waals surface area (Å²) < 4.78 is 15.0. The zero-order valence-corrected chi connectivity index (χ0v) is 16.1. The molecule has 8 heteroatoms. The molecule has 0 aliphatic carbocycles. The second-order valence-electron chi connectivity index (χ2n) is 4.99. The van der Waals surface area contributed by atoms with Crippen LogP contribution in [0.3, 0.4) is 0 Å². The van der Waals surface area contributed by atoms with Crippen molar-refractivity contribution in [2.45, 2.75) is 33.3 Å². The van der Waals surface area contributed by atoms with Gasteiger partial charge in [-0.05, 0) is 24.0 Å². The minimum atomic E-state index is -0.622. The van der Waals surface area contributed by atoms with Gasteiger partial charge in [-0.25, -0.2) is 4.79 Å². The summed E-state index contributed by atoms with van der Waals surface area (Å²) in [5.41, 5.74) is 0.730. The molecule has 7 nitrogen and oxygen atoms in total. The Bertz CT molecular complexity index is 582. The predicted molar refractivity (Wildman–Crippen MR) is 101 cm³/mol. The van der Waals surface area contributed by atoms with E-state index >= 15 is 0 Å². The highest BCUT2D eigenvalue weighted by molar-refractivity contribution is 8.05. The Morgan fingerprint density at radius 2 is 1.81 bits per heavy atom. The molecule has 0 heterocycles. The van der Waals surface area contributed by atoms with Crippen molar-refractivity contribution >= 4 is 29.8 Å².